The van der Waals surface area contributed by atoms with Crippen molar-refractivity contribution in [1.82, 2.24) is 28.7 Å². The molecule has 0 aliphatic heterocycles. The predicted octanol–water partition coefficient (Wildman–Crippen LogP) is 3.40. The molecule has 4 aromatic carbocycles. The Morgan fingerprint density at radius 1 is 0.416 bits per heavy atom. The number of benzene rings is 4. The van der Waals surface area contributed by atoms with E-state index in [1.165, 1.54) is 98.2 Å². The van der Waals surface area contributed by atoms with Gasteiger partial charge < -0.3 is 41.0 Å². The summed E-state index contributed by atoms with van der Waals surface area (Å²) in [6, 6.07) is 14.8. The molecule has 1 radical (unpaired) electrons. The standard InChI is InChI=1S/C43H38N12O17S4.K/c1-52-19-25(13-31(52)39(56)48-37-17-33(54(3)50-37)41(58)44-23-7-5-21-9-27(73(61,62)63)15-35(29(21)11-23)75(67,68)69)46-43(60)47-26-14-32(53(2)20-26)40(57)49-38-18-34(55(4)51-38)42(59)45-24-8-6-22-10-28(74(64,65)66)16-36(30(22)12-24)76(70,71)72;/h5-20H,1-4H3,(H,44,58)(H,45,59)(H2,46,47,60)(H,48,50,56)(H,49,51,57)(H,61,62,63)(H,64,65,66)(H,67,68,69)(H,70,71,72);. The van der Waals surface area contributed by atoms with Crippen LogP contribution in [0.3, 0.4) is 0 Å². The topological polar surface area (TPSA) is 421 Å². The zero-order valence-corrected chi connectivity index (χ0v) is 46.5. The normalized spacial score (nSPS) is 11.9. The van der Waals surface area contributed by atoms with E-state index in [1.54, 1.807) is 0 Å². The van der Waals surface area contributed by atoms with Crippen molar-refractivity contribution in [3.8, 4) is 0 Å². The molecule has 0 atom stereocenters. The predicted molar refractivity (Wildman–Crippen MR) is 275 cm³/mol. The molecule has 8 aromatic rings. The molecule has 77 heavy (non-hydrogen) atoms. The van der Waals surface area contributed by atoms with E-state index in [0.717, 1.165) is 33.6 Å². The molecule has 29 nitrogen and oxygen atoms in total. The summed E-state index contributed by atoms with van der Waals surface area (Å²) in [5.41, 5.74) is 0.251. The Labute approximate surface area is 477 Å². The fourth-order valence-electron chi connectivity index (χ4n) is 7.72. The number of aryl methyl sites for hydroxylation is 4. The van der Waals surface area contributed by atoms with E-state index in [0.29, 0.717) is 12.1 Å². The third-order valence-electron chi connectivity index (χ3n) is 11.1. The first kappa shape index (κ1) is 57.5. The number of hydrogen-bond donors (Lipinski definition) is 10. The van der Waals surface area contributed by atoms with Gasteiger partial charge in [-0.2, -0.15) is 43.9 Å². The SMILES string of the molecule is Cn1cc(NC(=O)Nc2cc(C(=O)Nc3cc(C(=O)Nc4ccc5cc(S(=O)(=O)O)cc(S(=O)(=O)O)c5c4)n(C)n3)n(C)c2)cc1C(=O)Nc1cc(C(=O)Nc2ccc3cc(S(=O)(=O)O)cc(S(=O)(=O)O)c3c2)n(C)n1.[K]. The van der Waals surface area contributed by atoms with Gasteiger partial charge in [-0.3, -0.25) is 46.8 Å². The van der Waals surface area contributed by atoms with Gasteiger partial charge in [-0.25, -0.2) is 4.79 Å². The van der Waals surface area contributed by atoms with E-state index in [1.807, 2.05) is 0 Å². The van der Waals surface area contributed by atoms with Gasteiger partial charge in [-0.15, -0.1) is 0 Å². The number of nitrogens with zero attached hydrogens (tertiary/aromatic N) is 6. The van der Waals surface area contributed by atoms with E-state index in [2.05, 4.69) is 42.1 Å². The van der Waals surface area contributed by atoms with E-state index < -0.39 is 89.7 Å². The Bertz CT molecular complexity index is 4030. The van der Waals surface area contributed by atoms with Gasteiger partial charge in [-0.1, -0.05) is 12.1 Å². The number of amides is 6. The van der Waals surface area contributed by atoms with Gasteiger partial charge in [0.1, 0.15) is 32.6 Å². The molecule has 0 aliphatic rings. The van der Waals surface area contributed by atoms with Crippen molar-refractivity contribution in [2.45, 2.75) is 19.6 Å². The number of anilines is 6. The molecular weight excluding hydrogens is 1120 g/mol. The number of urea groups is 1. The van der Waals surface area contributed by atoms with Crippen molar-refractivity contribution in [3.63, 3.8) is 0 Å². The number of carbonyl (C=O) groups is 5. The number of nitrogens with one attached hydrogen (secondary N) is 6. The Kier molecular flexibility index (Phi) is 15.9. The third kappa shape index (κ3) is 12.8. The van der Waals surface area contributed by atoms with Gasteiger partial charge in [0.15, 0.2) is 11.6 Å². The fraction of sp³-hybridized carbons (Fsp3) is 0.0930. The molecule has 0 fully saturated rings. The van der Waals surface area contributed by atoms with Crippen LogP contribution in [0, 0.1) is 0 Å². The average Bonchev–Trinajstić information content (AvgIpc) is 4.08. The smallest absolute Gasteiger partial charge is 0.323 e. The Morgan fingerprint density at radius 2 is 0.766 bits per heavy atom. The van der Waals surface area contributed by atoms with E-state index in [9.17, 15) is 75.9 Å². The molecule has 0 aliphatic carbocycles. The average molecular weight is 1160 g/mol. The second-order valence-corrected chi connectivity index (χ2v) is 22.2. The number of fused-ring (bicyclic) bond motifs is 2. The van der Waals surface area contributed by atoms with Crippen LogP contribution in [0.15, 0.2) is 117 Å². The van der Waals surface area contributed by atoms with Crippen LogP contribution in [0.5, 0.6) is 0 Å². The van der Waals surface area contributed by atoms with Gasteiger partial charge in [0.05, 0.1) is 21.2 Å². The van der Waals surface area contributed by atoms with Crippen LogP contribution in [0.2, 0.25) is 0 Å². The molecule has 0 saturated heterocycles. The second-order valence-electron chi connectivity index (χ2n) is 16.5. The molecule has 0 bridgehead atoms. The summed E-state index contributed by atoms with van der Waals surface area (Å²) in [5.74, 6) is -3.12. The van der Waals surface area contributed by atoms with Gasteiger partial charge in [0.2, 0.25) is 0 Å². The van der Waals surface area contributed by atoms with E-state index in [-0.39, 0.29) is 130 Å². The molecule has 0 unspecified atom stereocenters. The van der Waals surface area contributed by atoms with Gasteiger partial charge >= 0.3 is 6.03 Å². The number of rotatable bonds is 14. The summed E-state index contributed by atoms with van der Waals surface area (Å²) in [6.07, 6.45) is 2.84. The molecule has 0 saturated carbocycles. The van der Waals surface area contributed by atoms with Crippen LogP contribution in [0.4, 0.5) is 39.2 Å². The molecule has 8 rings (SSSR count). The zero-order chi connectivity index (χ0) is 55.6. The van der Waals surface area contributed by atoms with Crippen LogP contribution in [-0.4, -0.2) is 162 Å². The van der Waals surface area contributed by atoms with Crippen molar-refractivity contribution < 1.29 is 75.9 Å². The summed E-state index contributed by atoms with van der Waals surface area (Å²) in [5, 5.41) is 23.2. The molecule has 0 spiro atoms. The van der Waals surface area contributed by atoms with Gasteiger partial charge in [-0.05, 0) is 71.4 Å². The van der Waals surface area contributed by atoms with Crippen LogP contribution in [0.25, 0.3) is 21.5 Å². The maximum Gasteiger partial charge on any atom is 0.323 e. The summed E-state index contributed by atoms with van der Waals surface area (Å²) < 4.78 is 139. The van der Waals surface area contributed by atoms with E-state index in [4.69, 9.17) is 0 Å². The van der Waals surface area contributed by atoms with Crippen molar-refractivity contribution in [2.75, 3.05) is 31.9 Å². The quantitative estimate of drug-likeness (QED) is 0.0551. The van der Waals surface area contributed by atoms with Crippen molar-refractivity contribution in [1.29, 1.82) is 0 Å². The number of carbonyl (C=O) groups excluding carboxylic acids is 5. The minimum Gasteiger partial charge on any atom is -0.344 e. The molecule has 397 valence electrons. The maximum atomic E-state index is 13.4. The van der Waals surface area contributed by atoms with Crippen LogP contribution < -0.4 is 31.9 Å². The maximum absolute atomic E-state index is 13.4. The first-order valence-corrected chi connectivity index (χ1v) is 26.9. The molecule has 4 aromatic heterocycles. The number of hydrogen-bond acceptors (Lipinski definition) is 15. The minimum absolute atomic E-state index is 0. The van der Waals surface area contributed by atoms with Gasteiger partial charge in [0, 0.05) is 126 Å². The summed E-state index contributed by atoms with van der Waals surface area (Å²) in [4.78, 5) is 63.1. The summed E-state index contributed by atoms with van der Waals surface area (Å²) in [7, 11) is -13.9. The summed E-state index contributed by atoms with van der Waals surface area (Å²) in [6.45, 7) is 0. The Morgan fingerprint density at radius 3 is 1.10 bits per heavy atom. The largest absolute Gasteiger partial charge is 0.344 e. The number of aromatic nitrogens is 6. The van der Waals surface area contributed by atoms with Crippen LogP contribution >= 0.6 is 0 Å². The minimum atomic E-state index is -5.01. The van der Waals surface area contributed by atoms with Crippen molar-refractivity contribution in [3.05, 3.63) is 120 Å². The molecule has 6 amide bonds. The Hall–Kier alpha value is -7.19. The fourth-order valence-corrected chi connectivity index (χ4v) is 10.4. The first-order valence-electron chi connectivity index (χ1n) is 21.1. The first-order chi connectivity index (χ1) is 35.3. The molecule has 10 N–H and O–H groups in total. The third-order valence-corrected chi connectivity index (χ3v) is 14.6. The van der Waals surface area contributed by atoms with Crippen molar-refractivity contribution in [2.24, 2.45) is 28.2 Å². The van der Waals surface area contributed by atoms with E-state index >= 15 is 0 Å². The van der Waals surface area contributed by atoms with Crippen LogP contribution in [-0.2, 0) is 68.7 Å². The summed E-state index contributed by atoms with van der Waals surface area (Å²) >= 11 is 0. The Balaban J connectivity index is 0.00000861. The zero-order valence-electron chi connectivity index (χ0n) is 40.1. The molecule has 4 heterocycles. The molecule has 34 heteroatoms. The second kappa shape index (κ2) is 21.3. The monoisotopic (exact) mass is 1160 g/mol. The van der Waals surface area contributed by atoms with Crippen molar-refractivity contribution >= 4 is 177 Å². The van der Waals surface area contributed by atoms with Crippen LogP contribution in [0.1, 0.15) is 42.0 Å². The molecular formula is C43H38KN12O17S4. The van der Waals surface area contributed by atoms with Gasteiger partial charge in [0.25, 0.3) is 64.1 Å².